The third-order valence-electron chi connectivity index (χ3n) is 4.61. The number of carbonyl (C=O) groups is 1. The summed E-state index contributed by atoms with van der Waals surface area (Å²) in [5.41, 5.74) is 1.42. The predicted octanol–water partition coefficient (Wildman–Crippen LogP) is 3.42. The van der Waals surface area contributed by atoms with E-state index in [4.69, 9.17) is 0 Å². The Kier molecular flexibility index (Phi) is 4.78. The van der Waals surface area contributed by atoms with Crippen LogP contribution in [0.15, 0.2) is 48.8 Å². The highest BCUT2D eigenvalue weighted by Crippen LogP contribution is 2.26. The number of aromatic nitrogens is 4. The second-order valence-electron chi connectivity index (χ2n) is 6.51. The number of carbonyl (C=O) groups excluding carboxylic acids is 1. The van der Waals surface area contributed by atoms with Gasteiger partial charge in [0.25, 0.3) is 0 Å². The molecule has 0 spiro atoms. The number of aromatic amines is 1. The smallest absolute Gasteiger partial charge is 0.321 e. The molecule has 7 nitrogen and oxygen atoms in total. The SMILES string of the molecule is O=C(Nc1ccc(F)cc1)N1CCC[C@H](c2nc(-c3cccnc3)n[nH]2)C1. The normalized spacial score (nSPS) is 16.9. The maximum Gasteiger partial charge on any atom is 0.321 e. The fourth-order valence-corrected chi connectivity index (χ4v) is 3.20. The van der Waals surface area contributed by atoms with Crippen molar-refractivity contribution in [1.82, 2.24) is 25.1 Å². The van der Waals surface area contributed by atoms with Crippen molar-refractivity contribution in [3.8, 4) is 11.4 Å². The first-order valence-electron chi connectivity index (χ1n) is 8.83. The quantitative estimate of drug-likeness (QED) is 0.744. The molecule has 8 heteroatoms. The van der Waals surface area contributed by atoms with Gasteiger partial charge < -0.3 is 10.2 Å². The van der Waals surface area contributed by atoms with E-state index < -0.39 is 0 Å². The molecule has 0 aliphatic carbocycles. The molecule has 1 aromatic carbocycles. The van der Waals surface area contributed by atoms with Crippen LogP contribution in [0.3, 0.4) is 0 Å². The first kappa shape index (κ1) is 17.1. The molecule has 27 heavy (non-hydrogen) atoms. The molecular weight excluding hydrogens is 347 g/mol. The van der Waals surface area contributed by atoms with Gasteiger partial charge in [0.05, 0.1) is 0 Å². The Balaban J connectivity index is 1.43. The summed E-state index contributed by atoms with van der Waals surface area (Å²) in [6.45, 7) is 1.22. The second kappa shape index (κ2) is 7.53. The van der Waals surface area contributed by atoms with Crippen LogP contribution < -0.4 is 5.32 Å². The average Bonchev–Trinajstić information content (AvgIpc) is 3.21. The van der Waals surface area contributed by atoms with Gasteiger partial charge in [-0.3, -0.25) is 10.1 Å². The van der Waals surface area contributed by atoms with Gasteiger partial charge >= 0.3 is 6.03 Å². The van der Waals surface area contributed by atoms with Gasteiger partial charge in [-0.2, -0.15) is 5.10 Å². The van der Waals surface area contributed by atoms with E-state index >= 15 is 0 Å². The van der Waals surface area contributed by atoms with Crippen LogP contribution in [0.2, 0.25) is 0 Å². The lowest BCUT2D eigenvalue weighted by molar-refractivity contribution is 0.191. The maximum atomic E-state index is 13.0. The number of anilines is 1. The largest absolute Gasteiger partial charge is 0.324 e. The standard InChI is InChI=1S/C19H19FN6O/c20-15-5-7-16(8-6-15)22-19(27)26-10-2-4-14(12-26)18-23-17(24-25-18)13-3-1-9-21-11-13/h1,3,5-9,11,14H,2,4,10,12H2,(H,22,27)(H,23,24,25)/t14-/m0/s1. The molecule has 3 heterocycles. The number of nitrogens with one attached hydrogen (secondary N) is 2. The molecule has 3 aromatic rings. The first-order valence-corrected chi connectivity index (χ1v) is 8.83. The van der Waals surface area contributed by atoms with Crippen LogP contribution >= 0.6 is 0 Å². The van der Waals surface area contributed by atoms with Crippen molar-refractivity contribution in [2.75, 3.05) is 18.4 Å². The molecular formula is C19H19FN6O. The van der Waals surface area contributed by atoms with Crippen LogP contribution in [0.1, 0.15) is 24.6 Å². The van der Waals surface area contributed by atoms with Gasteiger partial charge in [0.1, 0.15) is 11.6 Å². The average molecular weight is 366 g/mol. The molecule has 2 N–H and O–H groups in total. The molecule has 4 rings (SSSR count). The minimum Gasteiger partial charge on any atom is -0.324 e. The number of urea groups is 1. The Labute approximate surface area is 155 Å². The Morgan fingerprint density at radius 3 is 2.89 bits per heavy atom. The summed E-state index contributed by atoms with van der Waals surface area (Å²) >= 11 is 0. The molecule has 0 unspecified atom stereocenters. The lowest BCUT2D eigenvalue weighted by atomic mass is 9.97. The number of pyridine rings is 1. The van der Waals surface area contributed by atoms with Crippen molar-refractivity contribution in [2.45, 2.75) is 18.8 Å². The zero-order chi connectivity index (χ0) is 18.6. The molecule has 1 saturated heterocycles. The minimum absolute atomic E-state index is 0.0932. The van der Waals surface area contributed by atoms with E-state index in [1.165, 1.54) is 12.1 Å². The number of hydrogen-bond acceptors (Lipinski definition) is 4. The van der Waals surface area contributed by atoms with Crippen molar-refractivity contribution >= 4 is 11.7 Å². The number of H-pyrrole nitrogens is 1. The molecule has 1 aliphatic rings. The number of likely N-dealkylation sites (tertiary alicyclic amines) is 1. The first-order chi connectivity index (χ1) is 13.2. The van der Waals surface area contributed by atoms with Gasteiger partial charge in [0, 0.05) is 42.7 Å². The molecule has 2 aromatic heterocycles. The van der Waals surface area contributed by atoms with Gasteiger partial charge in [0.2, 0.25) is 0 Å². The fourth-order valence-electron chi connectivity index (χ4n) is 3.20. The molecule has 1 atom stereocenters. The molecule has 0 bridgehead atoms. The van der Waals surface area contributed by atoms with Gasteiger partial charge in [-0.05, 0) is 49.2 Å². The van der Waals surface area contributed by atoms with E-state index in [1.54, 1.807) is 29.4 Å². The lowest BCUT2D eigenvalue weighted by Gasteiger charge is -2.31. The summed E-state index contributed by atoms with van der Waals surface area (Å²) in [5, 5.41) is 10.1. The van der Waals surface area contributed by atoms with E-state index in [-0.39, 0.29) is 17.8 Å². The highest BCUT2D eigenvalue weighted by atomic mass is 19.1. The highest BCUT2D eigenvalue weighted by molar-refractivity contribution is 5.89. The second-order valence-corrected chi connectivity index (χ2v) is 6.51. The third-order valence-corrected chi connectivity index (χ3v) is 4.61. The Bertz CT molecular complexity index is 911. The van der Waals surface area contributed by atoms with Crippen molar-refractivity contribution in [1.29, 1.82) is 0 Å². The van der Waals surface area contributed by atoms with Crippen LogP contribution in [0.25, 0.3) is 11.4 Å². The van der Waals surface area contributed by atoms with Crippen molar-refractivity contribution in [3.05, 3.63) is 60.4 Å². The molecule has 1 aliphatic heterocycles. The summed E-state index contributed by atoms with van der Waals surface area (Å²) < 4.78 is 13.0. The van der Waals surface area contributed by atoms with E-state index in [1.807, 2.05) is 12.1 Å². The van der Waals surface area contributed by atoms with Crippen LogP contribution in [-0.4, -0.2) is 44.2 Å². The molecule has 1 fully saturated rings. The number of benzene rings is 1. The zero-order valence-corrected chi connectivity index (χ0v) is 14.6. The topological polar surface area (TPSA) is 86.8 Å². The number of piperidine rings is 1. The molecule has 0 saturated carbocycles. The molecule has 0 radical (unpaired) electrons. The van der Waals surface area contributed by atoms with E-state index in [9.17, 15) is 9.18 Å². The third kappa shape index (κ3) is 3.94. The summed E-state index contributed by atoms with van der Waals surface area (Å²) in [6, 6.07) is 9.29. The number of rotatable bonds is 3. The Morgan fingerprint density at radius 1 is 1.26 bits per heavy atom. The summed E-state index contributed by atoms with van der Waals surface area (Å²) in [6.07, 6.45) is 5.23. The maximum absolute atomic E-state index is 13.0. The number of hydrogen-bond donors (Lipinski definition) is 2. The van der Waals surface area contributed by atoms with Crippen LogP contribution in [0.4, 0.5) is 14.9 Å². The predicted molar refractivity (Wildman–Crippen MR) is 98.6 cm³/mol. The summed E-state index contributed by atoms with van der Waals surface area (Å²) in [4.78, 5) is 22.9. The Hall–Kier alpha value is -3.29. The summed E-state index contributed by atoms with van der Waals surface area (Å²) in [7, 11) is 0. The lowest BCUT2D eigenvalue weighted by Crippen LogP contribution is -2.41. The molecule has 2 amide bonds. The zero-order valence-electron chi connectivity index (χ0n) is 14.6. The van der Waals surface area contributed by atoms with Crippen LogP contribution in [-0.2, 0) is 0 Å². The van der Waals surface area contributed by atoms with Crippen LogP contribution in [0, 0.1) is 5.82 Å². The van der Waals surface area contributed by atoms with Crippen LogP contribution in [0.5, 0.6) is 0 Å². The molecule has 138 valence electrons. The minimum atomic E-state index is -0.333. The Morgan fingerprint density at radius 2 is 2.11 bits per heavy atom. The van der Waals surface area contributed by atoms with Gasteiger partial charge in [0.15, 0.2) is 5.82 Å². The van der Waals surface area contributed by atoms with Crippen molar-refractivity contribution in [3.63, 3.8) is 0 Å². The van der Waals surface area contributed by atoms with E-state index in [0.717, 1.165) is 24.2 Å². The number of amides is 2. The van der Waals surface area contributed by atoms with Gasteiger partial charge in [-0.25, -0.2) is 14.2 Å². The van der Waals surface area contributed by atoms with Gasteiger partial charge in [-0.1, -0.05) is 0 Å². The fraction of sp³-hybridized carbons (Fsp3) is 0.263. The summed E-state index contributed by atoms with van der Waals surface area (Å²) in [5.74, 6) is 1.13. The monoisotopic (exact) mass is 366 g/mol. The van der Waals surface area contributed by atoms with Crippen molar-refractivity contribution < 1.29 is 9.18 Å². The van der Waals surface area contributed by atoms with Crippen molar-refractivity contribution in [2.24, 2.45) is 0 Å². The van der Waals surface area contributed by atoms with E-state index in [2.05, 4.69) is 25.5 Å². The van der Waals surface area contributed by atoms with Gasteiger partial charge in [-0.15, -0.1) is 0 Å². The highest BCUT2D eigenvalue weighted by Gasteiger charge is 2.27. The van der Waals surface area contributed by atoms with E-state index in [0.29, 0.717) is 24.6 Å². The number of halogens is 1. The number of nitrogens with zero attached hydrogens (tertiary/aromatic N) is 4.